The van der Waals surface area contributed by atoms with E-state index in [1.54, 1.807) is 4.90 Å². The van der Waals surface area contributed by atoms with Gasteiger partial charge >= 0.3 is 5.97 Å². The van der Waals surface area contributed by atoms with Gasteiger partial charge in [-0.05, 0) is 13.8 Å². The average molecular weight is 243 g/mol. The van der Waals surface area contributed by atoms with Gasteiger partial charge < -0.3 is 10.0 Å². The minimum atomic E-state index is -0.852. The van der Waals surface area contributed by atoms with Crippen LogP contribution in [-0.4, -0.2) is 33.0 Å². The van der Waals surface area contributed by atoms with Crippen LogP contribution >= 0.6 is 11.5 Å². The number of aromatic nitrogens is 2. The van der Waals surface area contributed by atoms with E-state index < -0.39 is 5.97 Å². The summed E-state index contributed by atoms with van der Waals surface area (Å²) in [5, 5.41) is 9.51. The lowest BCUT2D eigenvalue weighted by molar-refractivity contribution is -0.135. The molecule has 0 unspecified atom stereocenters. The molecule has 16 heavy (non-hydrogen) atoms. The molecule has 5 nitrogen and oxygen atoms in total. The van der Waals surface area contributed by atoms with E-state index in [0.29, 0.717) is 5.13 Å². The molecule has 0 saturated heterocycles. The highest BCUT2D eigenvalue weighted by Gasteiger charge is 2.19. The van der Waals surface area contributed by atoms with Gasteiger partial charge in [0.25, 0.3) is 0 Å². The molecule has 0 atom stereocenters. The van der Waals surface area contributed by atoms with Gasteiger partial charge in [0.2, 0.25) is 5.13 Å². The summed E-state index contributed by atoms with van der Waals surface area (Å²) in [6, 6.07) is 0.101. The van der Waals surface area contributed by atoms with Crippen molar-refractivity contribution in [1.82, 2.24) is 9.36 Å². The molecule has 0 bridgehead atoms. The van der Waals surface area contributed by atoms with Gasteiger partial charge in [0.15, 0.2) is 0 Å². The second kappa shape index (κ2) is 5.25. The number of carbonyl (C=O) groups is 1. The van der Waals surface area contributed by atoms with Crippen molar-refractivity contribution in [2.45, 2.75) is 39.7 Å². The van der Waals surface area contributed by atoms with Gasteiger partial charge in [-0.15, -0.1) is 0 Å². The summed E-state index contributed by atoms with van der Waals surface area (Å²) in [5.41, 5.74) is 0. The Morgan fingerprint density at radius 3 is 2.44 bits per heavy atom. The fourth-order valence-corrected chi connectivity index (χ4v) is 2.14. The lowest BCUT2D eigenvalue weighted by atomic mass is 10.2. The third-order valence-electron chi connectivity index (χ3n) is 2.12. The second-order valence-electron chi connectivity index (χ2n) is 4.21. The Kier molecular flexibility index (Phi) is 4.23. The molecule has 0 aliphatic heterocycles. The topological polar surface area (TPSA) is 66.3 Å². The second-order valence-corrected chi connectivity index (χ2v) is 4.94. The largest absolute Gasteiger partial charge is 0.480 e. The zero-order valence-corrected chi connectivity index (χ0v) is 10.8. The number of rotatable bonds is 5. The lowest BCUT2D eigenvalue weighted by Crippen LogP contribution is -2.35. The maximum absolute atomic E-state index is 10.7. The number of hydrogen-bond donors (Lipinski definition) is 1. The summed E-state index contributed by atoms with van der Waals surface area (Å²) in [6.45, 7) is 7.88. The van der Waals surface area contributed by atoms with E-state index in [1.807, 2.05) is 27.7 Å². The fraction of sp³-hybridized carbons (Fsp3) is 0.700. The predicted molar refractivity (Wildman–Crippen MR) is 64.1 cm³/mol. The van der Waals surface area contributed by atoms with Gasteiger partial charge in [0.1, 0.15) is 12.4 Å². The van der Waals surface area contributed by atoms with Crippen LogP contribution in [0.15, 0.2) is 0 Å². The summed E-state index contributed by atoms with van der Waals surface area (Å²) < 4.78 is 4.22. The normalized spacial score (nSPS) is 11.1. The smallest absolute Gasteiger partial charge is 0.323 e. The van der Waals surface area contributed by atoms with Crippen molar-refractivity contribution in [3.05, 3.63) is 5.82 Å². The van der Waals surface area contributed by atoms with E-state index in [2.05, 4.69) is 9.36 Å². The van der Waals surface area contributed by atoms with Crippen molar-refractivity contribution in [1.29, 1.82) is 0 Å². The van der Waals surface area contributed by atoms with E-state index in [-0.39, 0.29) is 18.5 Å². The van der Waals surface area contributed by atoms with Crippen molar-refractivity contribution in [2.24, 2.45) is 0 Å². The molecule has 0 radical (unpaired) electrons. The Labute approximate surface area is 99.3 Å². The van der Waals surface area contributed by atoms with Gasteiger partial charge in [0, 0.05) is 23.5 Å². The van der Waals surface area contributed by atoms with Crippen LogP contribution in [0.5, 0.6) is 0 Å². The SMILES string of the molecule is CC(C)c1nsc(N(CC(=O)O)C(C)C)n1. The van der Waals surface area contributed by atoms with E-state index in [4.69, 9.17) is 5.11 Å². The van der Waals surface area contributed by atoms with Crippen LogP contribution < -0.4 is 4.90 Å². The number of nitrogens with zero attached hydrogens (tertiary/aromatic N) is 3. The molecule has 0 saturated carbocycles. The molecule has 0 aromatic carbocycles. The molecule has 0 fully saturated rings. The van der Waals surface area contributed by atoms with Crippen molar-refractivity contribution >= 4 is 22.6 Å². The van der Waals surface area contributed by atoms with E-state index in [1.165, 1.54) is 11.5 Å². The zero-order valence-electron chi connectivity index (χ0n) is 9.97. The molecule has 0 aliphatic carbocycles. The standard InChI is InChI=1S/C10H17N3O2S/c1-6(2)9-11-10(16-12-9)13(7(3)4)5-8(14)15/h6-7H,5H2,1-4H3,(H,14,15). The molecular formula is C10H17N3O2S. The van der Waals surface area contributed by atoms with Gasteiger partial charge in [0.05, 0.1) is 0 Å². The summed E-state index contributed by atoms with van der Waals surface area (Å²) in [4.78, 5) is 16.8. The van der Waals surface area contributed by atoms with E-state index in [0.717, 1.165) is 5.82 Å². The molecule has 0 spiro atoms. The Balaban J connectivity index is 2.88. The van der Waals surface area contributed by atoms with Gasteiger partial charge in [-0.1, -0.05) is 13.8 Å². The maximum atomic E-state index is 10.7. The molecule has 1 heterocycles. The van der Waals surface area contributed by atoms with Crippen molar-refractivity contribution in [2.75, 3.05) is 11.4 Å². The number of aliphatic carboxylic acids is 1. The molecule has 90 valence electrons. The quantitative estimate of drug-likeness (QED) is 0.856. The first-order valence-electron chi connectivity index (χ1n) is 5.23. The maximum Gasteiger partial charge on any atom is 0.323 e. The van der Waals surface area contributed by atoms with Crippen molar-refractivity contribution in [3.8, 4) is 0 Å². The number of carboxylic acid groups (broad SMARTS) is 1. The number of carboxylic acids is 1. The molecule has 1 aromatic rings. The first-order valence-corrected chi connectivity index (χ1v) is 6.01. The molecule has 0 aliphatic rings. The van der Waals surface area contributed by atoms with Crippen molar-refractivity contribution in [3.63, 3.8) is 0 Å². The highest BCUT2D eigenvalue weighted by Crippen LogP contribution is 2.22. The number of hydrogen-bond acceptors (Lipinski definition) is 5. The summed E-state index contributed by atoms with van der Waals surface area (Å²) in [7, 11) is 0. The minimum Gasteiger partial charge on any atom is -0.480 e. The minimum absolute atomic E-state index is 0.0373. The number of anilines is 1. The van der Waals surface area contributed by atoms with Gasteiger partial charge in [-0.3, -0.25) is 4.79 Å². The Morgan fingerprint density at radius 2 is 2.06 bits per heavy atom. The first-order chi connectivity index (χ1) is 7.41. The van der Waals surface area contributed by atoms with Crippen molar-refractivity contribution < 1.29 is 9.90 Å². The monoisotopic (exact) mass is 243 g/mol. The first kappa shape index (κ1) is 12.9. The molecule has 1 rings (SSSR count). The third kappa shape index (κ3) is 3.16. The Bertz CT molecular complexity index is 363. The molecular weight excluding hydrogens is 226 g/mol. The summed E-state index contributed by atoms with van der Waals surface area (Å²) >= 11 is 1.26. The molecule has 1 aromatic heterocycles. The van der Waals surface area contributed by atoms with Crippen LogP contribution in [0.4, 0.5) is 5.13 Å². The molecule has 6 heteroatoms. The van der Waals surface area contributed by atoms with Crippen LogP contribution in [-0.2, 0) is 4.79 Å². The highest BCUT2D eigenvalue weighted by molar-refractivity contribution is 7.09. The lowest BCUT2D eigenvalue weighted by Gasteiger charge is -2.23. The van der Waals surface area contributed by atoms with Crippen LogP contribution in [0, 0.1) is 0 Å². The van der Waals surface area contributed by atoms with E-state index >= 15 is 0 Å². The third-order valence-corrected chi connectivity index (χ3v) is 2.89. The van der Waals surface area contributed by atoms with Crippen LogP contribution in [0.1, 0.15) is 39.4 Å². The van der Waals surface area contributed by atoms with Crippen LogP contribution in [0.3, 0.4) is 0 Å². The Morgan fingerprint density at radius 1 is 1.44 bits per heavy atom. The van der Waals surface area contributed by atoms with Crippen LogP contribution in [0.25, 0.3) is 0 Å². The van der Waals surface area contributed by atoms with Gasteiger partial charge in [-0.2, -0.15) is 4.37 Å². The molecule has 1 N–H and O–H groups in total. The Hall–Kier alpha value is -1.17. The average Bonchev–Trinajstić information content (AvgIpc) is 2.61. The van der Waals surface area contributed by atoms with E-state index in [9.17, 15) is 4.79 Å². The summed E-state index contributed by atoms with van der Waals surface area (Å²) in [6.07, 6.45) is 0. The molecule has 0 amide bonds. The fourth-order valence-electron chi connectivity index (χ4n) is 1.19. The van der Waals surface area contributed by atoms with Crippen LogP contribution in [0.2, 0.25) is 0 Å². The highest BCUT2D eigenvalue weighted by atomic mass is 32.1. The zero-order chi connectivity index (χ0) is 12.3. The predicted octanol–water partition coefficient (Wildman–Crippen LogP) is 1.96. The van der Waals surface area contributed by atoms with Gasteiger partial charge in [-0.25, -0.2) is 4.98 Å². The summed E-state index contributed by atoms with van der Waals surface area (Å²) in [5.74, 6) is 0.190.